The van der Waals surface area contributed by atoms with Crippen molar-refractivity contribution < 1.29 is 4.52 Å². The molecule has 1 atom stereocenters. The molecule has 0 bridgehead atoms. The molecule has 11 heavy (non-hydrogen) atoms. The van der Waals surface area contributed by atoms with Gasteiger partial charge in [-0.15, -0.1) is 0 Å². The second-order valence-electron chi connectivity index (χ2n) is 2.16. The maximum absolute atomic E-state index is 4.82. The first-order chi connectivity index (χ1) is 5.43. The van der Waals surface area contributed by atoms with Gasteiger partial charge in [-0.2, -0.15) is 0 Å². The third-order valence-electron chi connectivity index (χ3n) is 1.32. The average Bonchev–Trinajstić information content (AvgIpc) is 2.07. The van der Waals surface area contributed by atoms with Crippen molar-refractivity contribution in [1.29, 1.82) is 0 Å². The Labute approximate surface area is 69.2 Å². The molecule has 3 heteroatoms. The lowest BCUT2D eigenvalue weighted by Crippen LogP contribution is -2.05. The van der Waals surface area contributed by atoms with Crippen LogP contribution in [0.3, 0.4) is 0 Å². The molecule has 0 saturated carbocycles. The quantitative estimate of drug-likeness (QED) is 0.549. The van der Waals surface area contributed by atoms with E-state index in [1.807, 2.05) is 30.3 Å². The van der Waals surface area contributed by atoms with Crippen LogP contribution in [-0.2, 0) is 4.52 Å². The summed E-state index contributed by atoms with van der Waals surface area (Å²) in [5.41, 5.74) is 1.13. The average molecular weight is 169 g/mol. The Morgan fingerprint density at radius 1 is 1.27 bits per heavy atom. The Balaban J connectivity index is 2.28. The fourth-order valence-electron chi connectivity index (χ4n) is 0.810. The summed E-state index contributed by atoms with van der Waals surface area (Å²) in [5.74, 6) is 0. The van der Waals surface area contributed by atoms with Crippen LogP contribution < -0.4 is 5.32 Å². The molecule has 1 aromatic carbocycles. The Morgan fingerprint density at radius 3 is 2.64 bits per heavy atom. The highest BCUT2D eigenvalue weighted by Crippen LogP contribution is 2.03. The zero-order chi connectivity index (χ0) is 7.94. The number of hydrogen-bond acceptors (Lipinski definition) is 2. The van der Waals surface area contributed by atoms with E-state index in [0.717, 1.165) is 12.2 Å². The molecule has 1 unspecified atom stereocenters. The maximum Gasteiger partial charge on any atom is 0.0674 e. The number of nitrogens with one attached hydrogen (secondary N) is 1. The van der Waals surface area contributed by atoms with Crippen molar-refractivity contribution in [3.8, 4) is 0 Å². The molecule has 0 amide bonds. The molecule has 0 heterocycles. The lowest BCUT2D eigenvalue weighted by atomic mass is 10.3. The Bertz CT molecular complexity index is 191. The van der Waals surface area contributed by atoms with Crippen LogP contribution in [0.25, 0.3) is 0 Å². The summed E-state index contributed by atoms with van der Waals surface area (Å²) < 4.78 is 4.82. The molecule has 1 rings (SSSR count). The third-order valence-corrected chi connectivity index (χ3v) is 1.56. The monoisotopic (exact) mass is 169 g/mol. The summed E-state index contributed by atoms with van der Waals surface area (Å²) >= 11 is 0. The van der Waals surface area contributed by atoms with Gasteiger partial charge in [0, 0.05) is 21.7 Å². The molecule has 1 aromatic rings. The molecule has 0 aromatic heterocycles. The van der Waals surface area contributed by atoms with Crippen LogP contribution in [0.15, 0.2) is 30.3 Å². The van der Waals surface area contributed by atoms with E-state index in [9.17, 15) is 0 Å². The van der Waals surface area contributed by atoms with Crippen molar-refractivity contribution in [2.24, 2.45) is 0 Å². The number of para-hydroxylation sites is 1. The van der Waals surface area contributed by atoms with E-state index in [1.54, 1.807) is 0 Å². The van der Waals surface area contributed by atoms with Crippen molar-refractivity contribution in [2.45, 2.75) is 0 Å². The minimum absolute atomic E-state index is 0.708. The second-order valence-corrected chi connectivity index (χ2v) is 2.50. The standard InChI is InChI=1S/C8H12NOP/c11-10-7-6-9-8-4-2-1-3-5-8/h1-5,9H,6-7,11H2. The van der Waals surface area contributed by atoms with Crippen molar-refractivity contribution >= 4 is 15.2 Å². The van der Waals surface area contributed by atoms with E-state index in [4.69, 9.17) is 4.52 Å². The van der Waals surface area contributed by atoms with Gasteiger partial charge in [0.15, 0.2) is 0 Å². The molecule has 0 aliphatic carbocycles. The summed E-state index contributed by atoms with van der Waals surface area (Å²) in [6, 6.07) is 10.1. The van der Waals surface area contributed by atoms with Gasteiger partial charge in [-0.3, -0.25) is 0 Å². The molecule has 2 nitrogen and oxygen atoms in total. The Hall–Kier alpha value is -0.590. The minimum Gasteiger partial charge on any atom is -0.383 e. The van der Waals surface area contributed by atoms with E-state index in [0.29, 0.717) is 6.61 Å². The van der Waals surface area contributed by atoms with Gasteiger partial charge in [-0.25, -0.2) is 0 Å². The summed E-state index contributed by atoms with van der Waals surface area (Å²) in [4.78, 5) is 0. The lowest BCUT2D eigenvalue weighted by Gasteiger charge is -2.03. The lowest BCUT2D eigenvalue weighted by molar-refractivity contribution is 0.390. The first-order valence-corrected chi connectivity index (χ1v) is 4.01. The Kier molecular flexibility index (Phi) is 3.95. The predicted octanol–water partition coefficient (Wildman–Crippen LogP) is 1.91. The maximum atomic E-state index is 4.82. The molecule has 60 valence electrons. The highest BCUT2D eigenvalue weighted by Gasteiger charge is 1.86. The van der Waals surface area contributed by atoms with Gasteiger partial charge in [0.1, 0.15) is 0 Å². The van der Waals surface area contributed by atoms with E-state index in [2.05, 4.69) is 14.8 Å². The van der Waals surface area contributed by atoms with Crippen LogP contribution in [-0.4, -0.2) is 13.2 Å². The van der Waals surface area contributed by atoms with Gasteiger partial charge in [-0.05, 0) is 12.1 Å². The number of anilines is 1. The molecule has 0 aliphatic heterocycles. The summed E-state index contributed by atoms with van der Waals surface area (Å²) in [6.07, 6.45) is 0. The van der Waals surface area contributed by atoms with E-state index < -0.39 is 0 Å². The normalized spacial score (nSPS) is 9.55. The Morgan fingerprint density at radius 2 is 2.00 bits per heavy atom. The van der Waals surface area contributed by atoms with Gasteiger partial charge in [0.25, 0.3) is 0 Å². The van der Waals surface area contributed by atoms with Crippen LogP contribution in [0.5, 0.6) is 0 Å². The highest BCUT2D eigenvalue weighted by molar-refractivity contribution is 7.09. The molecule has 0 saturated heterocycles. The van der Waals surface area contributed by atoms with Crippen LogP contribution in [0.2, 0.25) is 0 Å². The van der Waals surface area contributed by atoms with Crippen molar-refractivity contribution in [2.75, 3.05) is 18.5 Å². The second kappa shape index (κ2) is 5.11. The van der Waals surface area contributed by atoms with Gasteiger partial charge in [0.2, 0.25) is 0 Å². The largest absolute Gasteiger partial charge is 0.383 e. The summed E-state index contributed by atoms with van der Waals surface area (Å²) in [7, 11) is 2.23. The third kappa shape index (κ3) is 3.35. The van der Waals surface area contributed by atoms with Crippen LogP contribution in [0.1, 0.15) is 0 Å². The highest BCUT2D eigenvalue weighted by atomic mass is 31.0. The molecular weight excluding hydrogens is 157 g/mol. The number of benzene rings is 1. The van der Waals surface area contributed by atoms with Crippen molar-refractivity contribution in [3.05, 3.63) is 30.3 Å². The first kappa shape index (κ1) is 8.51. The fraction of sp³-hybridized carbons (Fsp3) is 0.250. The van der Waals surface area contributed by atoms with Gasteiger partial charge in [0.05, 0.1) is 6.61 Å². The molecule has 0 radical (unpaired) electrons. The fourth-order valence-corrected chi connectivity index (χ4v) is 0.928. The molecule has 1 N–H and O–H groups in total. The SMILES string of the molecule is POCCNc1ccccc1. The number of hydrogen-bond donors (Lipinski definition) is 1. The summed E-state index contributed by atoms with van der Waals surface area (Å²) in [5, 5.41) is 3.21. The summed E-state index contributed by atoms with van der Waals surface area (Å²) in [6.45, 7) is 1.55. The number of rotatable bonds is 4. The van der Waals surface area contributed by atoms with Crippen LogP contribution in [0, 0.1) is 0 Å². The van der Waals surface area contributed by atoms with Gasteiger partial charge >= 0.3 is 0 Å². The van der Waals surface area contributed by atoms with Crippen molar-refractivity contribution in [3.63, 3.8) is 0 Å². The van der Waals surface area contributed by atoms with E-state index in [1.165, 1.54) is 0 Å². The molecular formula is C8H12NOP. The molecule has 0 fully saturated rings. The minimum atomic E-state index is 0.708. The molecule has 0 spiro atoms. The van der Waals surface area contributed by atoms with Crippen molar-refractivity contribution in [1.82, 2.24) is 0 Å². The molecule has 0 aliphatic rings. The van der Waals surface area contributed by atoms with Crippen LogP contribution >= 0.6 is 9.47 Å². The van der Waals surface area contributed by atoms with Gasteiger partial charge in [-0.1, -0.05) is 18.2 Å². The first-order valence-electron chi connectivity index (χ1n) is 3.54. The van der Waals surface area contributed by atoms with E-state index in [-0.39, 0.29) is 0 Å². The van der Waals surface area contributed by atoms with Gasteiger partial charge < -0.3 is 9.84 Å². The predicted molar refractivity (Wildman–Crippen MR) is 50.6 cm³/mol. The topological polar surface area (TPSA) is 21.3 Å². The van der Waals surface area contributed by atoms with Crippen LogP contribution in [0.4, 0.5) is 5.69 Å². The zero-order valence-corrected chi connectivity index (χ0v) is 7.44. The zero-order valence-electron chi connectivity index (χ0n) is 6.29. The van der Waals surface area contributed by atoms with E-state index >= 15 is 0 Å². The smallest absolute Gasteiger partial charge is 0.0674 e.